The van der Waals surface area contributed by atoms with Crippen LogP contribution in [-0.4, -0.2) is 68.5 Å². The van der Waals surface area contributed by atoms with Crippen molar-refractivity contribution in [2.24, 2.45) is 0 Å². The SMILES string of the molecule is [Al+3].[Al+3].[Al+3].[O-]O[O-].[O-]O[O-].[O-]O[O-].[OH-].[OH-].[OH-]. The molecule has 84 valence electrons. The van der Waals surface area contributed by atoms with E-state index in [1.807, 2.05) is 0 Å². The van der Waals surface area contributed by atoms with Crippen LogP contribution in [0.25, 0.3) is 0 Å². The van der Waals surface area contributed by atoms with Crippen LogP contribution in [0.2, 0.25) is 0 Å². The van der Waals surface area contributed by atoms with Gasteiger partial charge in [-0.05, 0) is 0 Å². The fourth-order valence-corrected chi connectivity index (χ4v) is 0. The van der Waals surface area contributed by atoms with Gasteiger partial charge in [0.1, 0.15) is 0 Å². The second-order valence-electron chi connectivity index (χ2n) is 0.204. The molecule has 0 aromatic rings. The Morgan fingerprint density at radius 3 is 0.400 bits per heavy atom. The van der Waals surface area contributed by atoms with E-state index in [0.717, 1.165) is 0 Å². The molecule has 0 aromatic carbocycles. The maximum absolute atomic E-state index is 7.88. The molecule has 0 aliphatic heterocycles. The third-order valence-electron chi connectivity index (χ3n) is 0. The van der Waals surface area contributed by atoms with Crippen molar-refractivity contribution < 1.29 is 63.1 Å². The van der Waals surface area contributed by atoms with Gasteiger partial charge in [-0.3, -0.25) is 0 Å². The molecule has 0 saturated carbocycles. The van der Waals surface area contributed by atoms with Crippen LogP contribution >= 0.6 is 0 Å². The molecule has 0 aliphatic carbocycles. The Kier molecular flexibility index (Phi) is 861. The van der Waals surface area contributed by atoms with Gasteiger partial charge in [0.25, 0.3) is 0 Å². The normalized spacial score (nSPS) is 3.60. The molecule has 0 saturated heterocycles. The summed E-state index contributed by atoms with van der Waals surface area (Å²) in [6.45, 7) is 0. The van der Waals surface area contributed by atoms with Crippen molar-refractivity contribution in [1.82, 2.24) is 0 Å². The van der Waals surface area contributed by atoms with E-state index in [1.165, 1.54) is 0 Å². The molecule has 0 amide bonds. The summed E-state index contributed by atoms with van der Waals surface area (Å²) in [7, 11) is 0. The van der Waals surface area contributed by atoms with E-state index >= 15 is 0 Å². The summed E-state index contributed by atoms with van der Waals surface area (Å²) < 4.78 is 0. The van der Waals surface area contributed by atoms with E-state index in [9.17, 15) is 0 Å². The molecule has 0 aliphatic rings. The predicted molar refractivity (Wildman–Crippen MR) is 26.3 cm³/mol. The van der Waals surface area contributed by atoms with E-state index in [2.05, 4.69) is 0 Å². The molecule has 0 spiro atoms. The van der Waals surface area contributed by atoms with Crippen LogP contribution in [0.3, 0.4) is 0 Å². The van der Waals surface area contributed by atoms with Crippen LogP contribution in [0.4, 0.5) is 0 Å². The first kappa shape index (κ1) is 72.7. The Morgan fingerprint density at radius 2 is 0.400 bits per heavy atom. The summed E-state index contributed by atoms with van der Waals surface area (Å²) in [5, 5.41) is 52.5. The smallest absolute Gasteiger partial charge is 0.870 e. The molecule has 15 heteroatoms. The van der Waals surface area contributed by atoms with Crippen molar-refractivity contribution in [3.63, 3.8) is 0 Å². The zero-order valence-electron chi connectivity index (χ0n) is 6.75. The minimum absolute atomic E-state index is 0. The fraction of sp³-hybridized carbons (Fsp3) is 0. The first-order valence-corrected chi connectivity index (χ1v) is 1.00. The summed E-state index contributed by atoms with van der Waals surface area (Å²) in [4.78, 5) is 0. The second kappa shape index (κ2) is 178. The van der Waals surface area contributed by atoms with E-state index < -0.39 is 0 Å². The van der Waals surface area contributed by atoms with Crippen molar-refractivity contribution in [1.29, 1.82) is 0 Å². The summed E-state index contributed by atoms with van der Waals surface area (Å²) in [6.07, 6.45) is 0. The van der Waals surface area contributed by atoms with Crippen LogP contribution in [0.5, 0.6) is 0 Å². The monoisotopic (exact) mass is 276 g/mol. The molecule has 0 rings (SSSR count). The quantitative estimate of drug-likeness (QED) is 0.226. The Labute approximate surface area is 115 Å². The van der Waals surface area contributed by atoms with Crippen molar-refractivity contribution in [3.8, 4) is 0 Å². The van der Waals surface area contributed by atoms with Gasteiger partial charge in [0.2, 0.25) is 0 Å². The summed E-state index contributed by atoms with van der Waals surface area (Å²) in [5.74, 6) is 0. The van der Waals surface area contributed by atoms with Crippen molar-refractivity contribution >= 4 is 52.1 Å². The molecule has 3 N–H and O–H groups in total. The fourth-order valence-electron chi connectivity index (χ4n) is 0. The molecular weight excluding hydrogens is 273 g/mol. The van der Waals surface area contributed by atoms with Crippen molar-refractivity contribution in [2.45, 2.75) is 0 Å². The molecule has 0 unspecified atom stereocenters. The molecule has 12 nitrogen and oxygen atoms in total. The van der Waals surface area contributed by atoms with Crippen LogP contribution in [-0.2, 0) is 15.1 Å². The number of hydrogen-bond donors (Lipinski definition) is 0. The Bertz CT molecular complexity index is 15.6. The van der Waals surface area contributed by atoms with Gasteiger partial charge in [-0.25, -0.2) is 0 Å². The average Bonchev–Trinajstić information content (AvgIpc) is 1.70. The van der Waals surface area contributed by atoms with Crippen molar-refractivity contribution in [3.05, 3.63) is 0 Å². The first-order chi connectivity index (χ1) is 4.24. The second-order valence-corrected chi connectivity index (χ2v) is 0.204. The van der Waals surface area contributed by atoms with Gasteiger partial charge in [0.15, 0.2) is 0 Å². The maximum atomic E-state index is 7.88. The molecule has 0 heterocycles. The van der Waals surface area contributed by atoms with E-state index in [0.29, 0.717) is 0 Å². The molecule has 0 bridgehead atoms. The molecule has 0 radical (unpaired) electrons. The standard InChI is InChI=1S/3Al.3H2O3.3H2O/c;;;3*1-3-2;;;/h;;;3*1-2H;3*1H2/q3*+3;;;;;;/p-9. The van der Waals surface area contributed by atoms with Gasteiger partial charge in [-0.2, -0.15) is 0 Å². The number of rotatable bonds is 0. The minimum atomic E-state index is 0. The van der Waals surface area contributed by atoms with Gasteiger partial charge in [0.05, 0.1) is 0 Å². The summed E-state index contributed by atoms with van der Waals surface area (Å²) in [5.41, 5.74) is 0. The van der Waals surface area contributed by atoms with Gasteiger partial charge >= 0.3 is 52.1 Å². The first-order valence-electron chi connectivity index (χ1n) is 1.00. The van der Waals surface area contributed by atoms with Gasteiger partial charge < -0.3 is 63.1 Å². The average molecular weight is 276 g/mol. The summed E-state index contributed by atoms with van der Waals surface area (Å²) in [6, 6.07) is 0. The summed E-state index contributed by atoms with van der Waals surface area (Å²) >= 11 is 0. The molecular formula is H3Al3O12. The van der Waals surface area contributed by atoms with Crippen LogP contribution in [0.1, 0.15) is 0 Å². The third-order valence-corrected chi connectivity index (χ3v) is 0. The zero-order valence-corrected chi connectivity index (χ0v) is 10.2. The predicted octanol–water partition coefficient (Wildman–Crippen LogP) is -9.01. The minimum Gasteiger partial charge on any atom is -0.870 e. The Morgan fingerprint density at radius 1 is 0.400 bits per heavy atom. The topological polar surface area (TPSA) is 256 Å². The Balaban J connectivity index is -0.00000000429. The third kappa shape index (κ3) is 2080. The van der Waals surface area contributed by atoms with Crippen LogP contribution in [0, 0.1) is 0 Å². The van der Waals surface area contributed by atoms with Gasteiger partial charge in [-0.15, -0.1) is 0 Å². The van der Waals surface area contributed by atoms with E-state index in [-0.39, 0.29) is 68.5 Å². The molecule has 0 atom stereocenters. The Hall–Kier alpha value is 1.12. The van der Waals surface area contributed by atoms with E-state index in [4.69, 9.17) is 31.5 Å². The van der Waals surface area contributed by atoms with Crippen LogP contribution in [0.15, 0.2) is 0 Å². The largest absolute Gasteiger partial charge is 3.00 e. The molecule has 15 heavy (non-hydrogen) atoms. The molecule has 0 fully saturated rings. The number of hydrogen-bond acceptors (Lipinski definition) is 12. The zero-order chi connectivity index (χ0) is 8.12. The van der Waals surface area contributed by atoms with Crippen LogP contribution < -0.4 is 31.5 Å². The van der Waals surface area contributed by atoms with E-state index in [1.54, 1.807) is 15.1 Å². The molecule has 0 aromatic heterocycles. The van der Waals surface area contributed by atoms with Gasteiger partial charge in [-0.1, -0.05) is 0 Å². The van der Waals surface area contributed by atoms with Gasteiger partial charge in [0, 0.05) is 0 Å². The van der Waals surface area contributed by atoms with Crippen molar-refractivity contribution in [2.75, 3.05) is 0 Å². The maximum Gasteiger partial charge on any atom is 3.00 e.